The minimum Gasteiger partial charge on any atom is -0.508 e. The Labute approximate surface area is 208 Å². The Kier molecular flexibility index (Phi) is 10.6. The number of amides is 1. The number of nitrogens with two attached hydrogens (primary N) is 1. The van der Waals surface area contributed by atoms with E-state index >= 15 is 0 Å². The zero-order chi connectivity index (χ0) is 27.0. The van der Waals surface area contributed by atoms with Crippen molar-refractivity contribution in [3.63, 3.8) is 0 Å². The first-order valence-corrected chi connectivity index (χ1v) is 11.6. The van der Waals surface area contributed by atoms with Gasteiger partial charge in [-0.25, -0.2) is 4.79 Å². The molecule has 13 heteroatoms. The highest BCUT2D eigenvalue weighted by Crippen LogP contribution is 2.30. The molecule has 13 nitrogen and oxygen atoms in total. The van der Waals surface area contributed by atoms with Gasteiger partial charge in [-0.1, -0.05) is 25.5 Å². The standard InChI is InChI=1S/C23H35N3O10/c1-3-4-9-35-22(32)18(25-21(31)16(24)10-14-5-7-15(28)8-6-14)19-20(30)23(33,12-36-13(2)27)17(29)11-26(19)34/h5-8,16-20,28-30,33-34H,3-4,9-12,24H2,1-2H3,(H,25,31)/t16-,17-,18?,19-,20-,23-/m0/s1. The number of aromatic hydroxyl groups is 1. The van der Waals surface area contributed by atoms with E-state index < -0.39 is 66.9 Å². The Balaban J connectivity index is 2.29. The van der Waals surface area contributed by atoms with E-state index in [2.05, 4.69) is 5.32 Å². The van der Waals surface area contributed by atoms with E-state index in [0.29, 0.717) is 23.5 Å². The first-order chi connectivity index (χ1) is 16.9. The average Bonchev–Trinajstić information content (AvgIpc) is 2.82. The monoisotopic (exact) mass is 513 g/mol. The van der Waals surface area contributed by atoms with Gasteiger partial charge in [0.15, 0.2) is 5.60 Å². The van der Waals surface area contributed by atoms with Crippen LogP contribution >= 0.6 is 0 Å². The summed E-state index contributed by atoms with van der Waals surface area (Å²) < 4.78 is 9.97. The van der Waals surface area contributed by atoms with Crippen LogP contribution in [0.25, 0.3) is 0 Å². The van der Waals surface area contributed by atoms with E-state index in [1.165, 1.54) is 12.1 Å². The Bertz CT molecular complexity index is 899. The highest BCUT2D eigenvalue weighted by molar-refractivity contribution is 5.88. The summed E-state index contributed by atoms with van der Waals surface area (Å²) in [7, 11) is 0. The molecule has 36 heavy (non-hydrogen) atoms. The van der Waals surface area contributed by atoms with Gasteiger partial charge in [0.1, 0.15) is 30.6 Å². The summed E-state index contributed by atoms with van der Waals surface area (Å²) in [6.45, 7) is 1.45. The topological polar surface area (TPSA) is 212 Å². The molecule has 0 saturated carbocycles. The maximum absolute atomic E-state index is 12.9. The van der Waals surface area contributed by atoms with Gasteiger partial charge in [-0.3, -0.25) is 9.59 Å². The second-order valence-electron chi connectivity index (χ2n) is 8.83. The molecule has 0 aliphatic carbocycles. The van der Waals surface area contributed by atoms with Crippen LogP contribution in [0.15, 0.2) is 24.3 Å². The number of nitrogens with one attached hydrogen (secondary N) is 1. The lowest BCUT2D eigenvalue weighted by Crippen LogP contribution is -2.75. The molecule has 0 radical (unpaired) electrons. The highest BCUT2D eigenvalue weighted by Gasteiger charge is 2.57. The van der Waals surface area contributed by atoms with Crippen molar-refractivity contribution in [2.75, 3.05) is 19.8 Å². The molecule has 1 aromatic rings. The van der Waals surface area contributed by atoms with Crippen LogP contribution in [0, 0.1) is 0 Å². The molecule has 0 spiro atoms. The lowest BCUT2D eigenvalue weighted by atomic mass is 9.79. The van der Waals surface area contributed by atoms with E-state index in [4.69, 9.17) is 15.2 Å². The van der Waals surface area contributed by atoms with Gasteiger partial charge < -0.3 is 46.2 Å². The lowest BCUT2D eigenvalue weighted by molar-refractivity contribution is -0.282. The number of phenolic OH excluding ortho intramolecular Hbond substituents is 1. The number of benzene rings is 1. The molecule has 8 N–H and O–H groups in total. The summed E-state index contributed by atoms with van der Waals surface area (Å²) in [5.74, 6) is -2.60. The number of ether oxygens (including phenoxy) is 2. The smallest absolute Gasteiger partial charge is 0.330 e. The Morgan fingerprint density at radius 2 is 1.86 bits per heavy atom. The Morgan fingerprint density at radius 3 is 2.44 bits per heavy atom. The summed E-state index contributed by atoms with van der Waals surface area (Å²) in [6.07, 6.45) is -2.58. The summed E-state index contributed by atoms with van der Waals surface area (Å²) in [4.78, 5) is 37.1. The second-order valence-corrected chi connectivity index (χ2v) is 8.83. The third-order valence-electron chi connectivity index (χ3n) is 5.99. The van der Waals surface area contributed by atoms with E-state index in [9.17, 15) is 40.0 Å². The zero-order valence-electron chi connectivity index (χ0n) is 20.2. The third-order valence-corrected chi connectivity index (χ3v) is 5.99. The number of hydrogen-bond acceptors (Lipinski definition) is 12. The minimum atomic E-state index is -2.46. The van der Waals surface area contributed by atoms with Gasteiger partial charge in [0.25, 0.3) is 0 Å². The van der Waals surface area contributed by atoms with Crippen molar-refractivity contribution in [1.29, 1.82) is 0 Å². The first-order valence-electron chi connectivity index (χ1n) is 11.6. The molecule has 1 fully saturated rings. The summed E-state index contributed by atoms with van der Waals surface area (Å²) in [5.41, 5.74) is 4.16. The maximum Gasteiger partial charge on any atom is 0.330 e. The number of β-amino-alcohol motifs (C(OH)–C–C–N with tert-alkyl or cyclic N) is 1. The number of piperidine rings is 1. The Morgan fingerprint density at radius 1 is 1.22 bits per heavy atom. The van der Waals surface area contributed by atoms with Gasteiger partial charge in [-0.05, 0) is 30.5 Å². The van der Waals surface area contributed by atoms with Gasteiger partial charge in [-0.2, -0.15) is 5.06 Å². The SMILES string of the molecule is CCCCOC(=O)C(NC(=O)[C@@H](N)Cc1ccc(O)cc1)[C@H]1[C@H](O)[C@](O)(COC(C)=O)[C@@H](O)CN1O. The fourth-order valence-corrected chi connectivity index (χ4v) is 3.80. The lowest BCUT2D eigenvalue weighted by Gasteiger charge is -2.49. The molecule has 1 amide bonds. The summed E-state index contributed by atoms with van der Waals surface area (Å²) in [6, 6.07) is 1.41. The van der Waals surface area contributed by atoms with Crippen LogP contribution in [-0.4, -0.2) is 104 Å². The molecule has 0 bridgehead atoms. The number of hydroxylamine groups is 2. The van der Waals surface area contributed by atoms with Crippen molar-refractivity contribution in [2.24, 2.45) is 5.73 Å². The number of nitrogens with zero attached hydrogens (tertiary/aromatic N) is 1. The molecule has 1 heterocycles. The van der Waals surface area contributed by atoms with Gasteiger partial charge >= 0.3 is 11.9 Å². The molecule has 1 aliphatic rings. The largest absolute Gasteiger partial charge is 0.508 e. The van der Waals surface area contributed by atoms with Crippen LogP contribution in [0.5, 0.6) is 5.75 Å². The van der Waals surface area contributed by atoms with Crippen molar-refractivity contribution in [3.8, 4) is 5.75 Å². The molecule has 1 aromatic carbocycles. The third kappa shape index (κ3) is 7.35. The average molecular weight is 514 g/mol. The van der Waals surface area contributed by atoms with Crippen molar-refractivity contribution in [2.45, 2.75) is 69.0 Å². The number of aliphatic hydroxyl groups excluding tert-OH is 2. The van der Waals surface area contributed by atoms with Crippen LogP contribution in [0.4, 0.5) is 0 Å². The fourth-order valence-electron chi connectivity index (χ4n) is 3.80. The van der Waals surface area contributed by atoms with Crippen LogP contribution in [-0.2, 0) is 30.3 Å². The van der Waals surface area contributed by atoms with Crippen LogP contribution in [0.1, 0.15) is 32.3 Å². The van der Waals surface area contributed by atoms with Gasteiger partial charge in [0.2, 0.25) is 5.91 Å². The van der Waals surface area contributed by atoms with Gasteiger partial charge in [-0.15, -0.1) is 0 Å². The minimum absolute atomic E-state index is 0.00412. The van der Waals surface area contributed by atoms with Crippen LogP contribution in [0.3, 0.4) is 0 Å². The molecular formula is C23H35N3O10. The number of esters is 2. The predicted molar refractivity (Wildman–Crippen MR) is 123 cm³/mol. The number of carbonyl (C=O) groups is 3. The summed E-state index contributed by atoms with van der Waals surface area (Å²) >= 11 is 0. The zero-order valence-corrected chi connectivity index (χ0v) is 20.2. The predicted octanol–water partition coefficient (Wildman–Crippen LogP) is -1.82. The van der Waals surface area contributed by atoms with E-state index in [1.54, 1.807) is 12.1 Å². The van der Waals surface area contributed by atoms with Crippen LogP contribution < -0.4 is 11.1 Å². The number of hydrogen-bond donors (Lipinski definition) is 7. The normalized spacial score (nSPS) is 26.0. The quantitative estimate of drug-likeness (QED) is 0.129. The first kappa shape index (κ1) is 29.4. The number of rotatable bonds is 11. The van der Waals surface area contributed by atoms with Crippen molar-refractivity contribution in [1.82, 2.24) is 10.4 Å². The molecule has 202 valence electrons. The van der Waals surface area contributed by atoms with Crippen LogP contribution in [0.2, 0.25) is 0 Å². The number of unbranched alkanes of at least 4 members (excludes halogenated alkanes) is 1. The molecule has 1 unspecified atom stereocenters. The molecule has 2 rings (SSSR count). The van der Waals surface area contributed by atoms with Crippen molar-refractivity contribution in [3.05, 3.63) is 29.8 Å². The summed E-state index contributed by atoms with van der Waals surface area (Å²) in [5, 5.41) is 54.9. The van der Waals surface area contributed by atoms with E-state index in [0.717, 1.165) is 6.92 Å². The number of aliphatic hydroxyl groups is 3. The fraction of sp³-hybridized carbons (Fsp3) is 0.609. The second kappa shape index (κ2) is 12.9. The number of phenols is 1. The van der Waals surface area contributed by atoms with E-state index in [-0.39, 0.29) is 18.8 Å². The van der Waals surface area contributed by atoms with Crippen molar-refractivity contribution >= 4 is 17.8 Å². The Hall–Kier alpha value is -2.81. The number of carbonyl (C=O) groups excluding carboxylic acids is 3. The molecular weight excluding hydrogens is 478 g/mol. The molecule has 0 aromatic heterocycles. The van der Waals surface area contributed by atoms with Gasteiger partial charge in [0, 0.05) is 6.92 Å². The molecule has 1 aliphatic heterocycles. The maximum atomic E-state index is 12.9. The van der Waals surface area contributed by atoms with E-state index in [1.807, 2.05) is 6.92 Å². The van der Waals surface area contributed by atoms with Gasteiger partial charge in [0.05, 0.1) is 25.2 Å². The highest BCUT2D eigenvalue weighted by atomic mass is 16.6. The molecule has 1 saturated heterocycles. The van der Waals surface area contributed by atoms with Crippen molar-refractivity contribution < 1.29 is 49.5 Å². The molecule has 6 atom stereocenters.